The first kappa shape index (κ1) is 11.9. The van der Waals surface area contributed by atoms with Crippen molar-refractivity contribution in [2.45, 2.75) is 39.8 Å². The summed E-state index contributed by atoms with van der Waals surface area (Å²) in [6.07, 6.45) is -0.241. The fourth-order valence-corrected chi connectivity index (χ4v) is 1.04. The van der Waals surface area contributed by atoms with Crippen LogP contribution in [0, 0.1) is 5.41 Å². The van der Waals surface area contributed by atoms with Crippen molar-refractivity contribution in [2.75, 3.05) is 13.2 Å². The Morgan fingerprint density at radius 2 is 1.92 bits per heavy atom. The number of rotatable bonds is 4. The molecule has 0 aliphatic rings. The van der Waals surface area contributed by atoms with E-state index in [-0.39, 0.29) is 24.2 Å². The van der Waals surface area contributed by atoms with Crippen LogP contribution in [0.2, 0.25) is 0 Å². The van der Waals surface area contributed by atoms with E-state index in [1.165, 1.54) is 0 Å². The molecule has 0 aliphatic carbocycles. The van der Waals surface area contributed by atoms with Gasteiger partial charge in [0.2, 0.25) is 0 Å². The second kappa shape index (κ2) is 4.80. The fraction of sp³-hybridized carbons (Fsp3) is 1.00. The zero-order valence-electron chi connectivity index (χ0n) is 8.50. The molecule has 0 aliphatic heterocycles. The maximum absolute atomic E-state index is 8.99. The van der Waals surface area contributed by atoms with E-state index in [1.807, 2.05) is 27.7 Å². The van der Waals surface area contributed by atoms with Gasteiger partial charge in [0.1, 0.15) is 0 Å². The van der Waals surface area contributed by atoms with Crippen LogP contribution in [0.5, 0.6) is 0 Å². The van der Waals surface area contributed by atoms with Crippen molar-refractivity contribution in [3.05, 3.63) is 0 Å². The molecule has 0 spiro atoms. The smallest absolute Gasteiger partial charge is 0.0961 e. The van der Waals surface area contributed by atoms with Crippen molar-refractivity contribution in [3.8, 4) is 0 Å². The highest BCUT2D eigenvalue weighted by Crippen LogP contribution is 2.21. The van der Waals surface area contributed by atoms with Crippen molar-refractivity contribution in [2.24, 2.45) is 11.1 Å². The third kappa shape index (κ3) is 3.52. The number of aliphatic hydroxyl groups excluding tert-OH is 1. The Labute approximate surface area is 74.9 Å². The summed E-state index contributed by atoms with van der Waals surface area (Å²) in [5, 5.41) is 8.99. The molecule has 0 radical (unpaired) electrons. The molecular formula is C9H21NO2. The summed E-state index contributed by atoms with van der Waals surface area (Å²) in [5.74, 6) is 0. The highest BCUT2D eigenvalue weighted by Gasteiger charge is 2.28. The van der Waals surface area contributed by atoms with E-state index >= 15 is 0 Å². The number of hydrogen-bond acceptors (Lipinski definition) is 3. The number of nitrogens with two attached hydrogens (primary N) is 1. The maximum atomic E-state index is 8.99. The first-order valence-electron chi connectivity index (χ1n) is 4.41. The number of aliphatic hydroxyl groups is 1. The Morgan fingerprint density at radius 1 is 1.42 bits per heavy atom. The first-order valence-corrected chi connectivity index (χ1v) is 4.41. The molecule has 0 aromatic carbocycles. The van der Waals surface area contributed by atoms with Gasteiger partial charge in [-0.15, -0.1) is 0 Å². The van der Waals surface area contributed by atoms with E-state index in [4.69, 9.17) is 15.6 Å². The van der Waals surface area contributed by atoms with Crippen LogP contribution in [0.1, 0.15) is 27.7 Å². The molecule has 0 fully saturated rings. The average Bonchev–Trinajstić information content (AvgIpc) is 1.97. The molecule has 0 aromatic rings. The summed E-state index contributed by atoms with van der Waals surface area (Å²) in [5.41, 5.74) is 5.88. The van der Waals surface area contributed by atoms with Gasteiger partial charge in [0, 0.05) is 12.6 Å². The highest BCUT2D eigenvalue weighted by atomic mass is 16.5. The van der Waals surface area contributed by atoms with Crippen molar-refractivity contribution >= 4 is 0 Å². The molecule has 3 nitrogen and oxygen atoms in total. The quantitative estimate of drug-likeness (QED) is 0.663. The van der Waals surface area contributed by atoms with Crippen molar-refractivity contribution in [3.63, 3.8) is 0 Å². The van der Waals surface area contributed by atoms with Crippen molar-refractivity contribution in [1.82, 2.24) is 0 Å². The van der Waals surface area contributed by atoms with Gasteiger partial charge in [0.05, 0.1) is 12.7 Å². The maximum Gasteiger partial charge on any atom is 0.0961 e. The van der Waals surface area contributed by atoms with Gasteiger partial charge in [0.25, 0.3) is 0 Å². The van der Waals surface area contributed by atoms with E-state index in [1.54, 1.807) is 0 Å². The normalized spacial score (nSPS) is 17.5. The lowest BCUT2D eigenvalue weighted by molar-refractivity contribution is -0.0186. The predicted octanol–water partition coefficient (Wildman–Crippen LogP) is 0.757. The Hall–Kier alpha value is -0.120. The fourth-order valence-electron chi connectivity index (χ4n) is 1.04. The van der Waals surface area contributed by atoms with Crippen LogP contribution in [0.3, 0.4) is 0 Å². The van der Waals surface area contributed by atoms with E-state index in [9.17, 15) is 0 Å². The average molecular weight is 175 g/mol. The summed E-state index contributed by atoms with van der Waals surface area (Å²) in [7, 11) is 0. The summed E-state index contributed by atoms with van der Waals surface area (Å²) in [6.45, 7) is 8.61. The van der Waals surface area contributed by atoms with Crippen LogP contribution in [0.4, 0.5) is 0 Å². The molecule has 0 heterocycles. The standard InChI is InChI=1S/C9H21NO2/c1-5-12-7(6-11)8(10)9(2,3)4/h7-8,11H,5-6,10H2,1-4H3. The monoisotopic (exact) mass is 175 g/mol. The summed E-state index contributed by atoms with van der Waals surface area (Å²) < 4.78 is 5.30. The molecule has 3 heteroatoms. The highest BCUT2D eigenvalue weighted by molar-refractivity contribution is 4.84. The third-order valence-corrected chi connectivity index (χ3v) is 1.96. The Balaban J connectivity index is 4.11. The predicted molar refractivity (Wildman–Crippen MR) is 49.9 cm³/mol. The van der Waals surface area contributed by atoms with Gasteiger partial charge in [-0.3, -0.25) is 0 Å². The molecule has 0 saturated heterocycles. The second-order valence-corrected chi connectivity index (χ2v) is 4.07. The SMILES string of the molecule is CCOC(CO)C(N)C(C)(C)C. The summed E-state index contributed by atoms with van der Waals surface area (Å²) >= 11 is 0. The largest absolute Gasteiger partial charge is 0.394 e. The van der Waals surface area contributed by atoms with Gasteiger partial charge in [0.15, 0.2) is 0 Å². The Morgan fingerprint density at radius 3 is 2.17 bits per heavy atom. The zero-order valence-corrected chi connectivity index (χ0v) is 8.50. The summed E-state index contributed by atoms with van der Waals surface area (Å²) in [4.78, 5) is 0. The molecule has 0 saturated carbocycles. The summed E-state index contributed by atoms with van der Waals surface area (Å²) in [6, 6.07) is -0.123. The lowest BCUT2D eigenvalue weighted by Crippen LogP contribution is -2.48. The molecule has 2 unspecified atom stereocenters. The Bertz CT molecular complexity index is 120. The van der Waals surface area contributed by atoms with Crippen LogP contribution in [0.15, 0.2) is 0 Å². The molecular weight excluding hydrogens is 154 g/mol. The van der Waals surface area contributed by atoms with Gasteiger partial charge >= 0.3 is 0 Å². The molecule has 74 valence electrons. The lowest BCUT2D eigenvalue weighted by Gasteiger charge is -2.32. The Kier molecular flexibility index (Phi) is 4.75. The molecule has 0 bridgehead atoms. The molecule has 2 atom stereocenters. The molecule has 12 heavy (non-hydrogen) atoms. The van der Waals surface area contributed by atoms with Crippen LogP contribution in [-0.2, 0) is 4.74 Å². The van der Waals surface area contributed by atoms with Crippen LogP contribution in [0.25, 0.3) is 0 Å². The van der Waals surface area contributed by atoms with Gasteiger partial charge in [-0.25, -0.2) is 0 Å². The minimum Gasteiger partial charge on any atom is -0.394 e. The molecule has 3 N–H and O–H groups in total. The van der Waals surface area contributed by atoms with Gasteiger partial charge in [-0.1, -0.05) is 20.8 Å². The lowest BCUT2D eigenvalue weighted by atomic mass is 9.84. The van der Waals surface area contributed by atoms with Crippen LogP contribution < -0.4 is 5.73 Å². The zero-order chi connectivity index (χ0) is 9.78. The van der Waals surface area contributed by atoms with Crippen molar-refractivity contribution < 1.29 is 9.84 Å². The molecule has 0 amide bonds. The number of hydrogen-bond donors (Lipinski definition) is 2. The minimum atomic E-state index is -0.241. The van der Waals surface area contributed by atoms with Crippen LogP contribution >= 0.6 is 0 Å². The van der Waals surface area contributed by atoms with Gasteiger partial charge < -0.3 is 15.6 Å². The van der Waals surface area contributed by atoms with Crippen molar-refractivity contribution in [1.29, 1.82) is 0 Å². The van der Waals surface area contributed by atoms with Crippen LogP contribution in [-0.4, -0.2) is 30.5 Å². The second-order valence-electron chi connectivity index (χ2n) is 4.07. The topological polar surface area (TPSA) is 55.5 Å². The third-order valence-electron chi connectivity index (χ3n) is 1.96. The number of ether oxygens (including phenoxy) is 1. The molecule has 0 rings (SSSR count). The van der Waals surface area contributed by atoms with Gasteiger partial charge in [-0.2, -0.15) is 0 Å². The van der Waals surface area contributed by atoms with E-state index in [2.05, 4.69) is 0 Å². The van der Waals surface area contributed by atoms with E-state index < -0.39 is 0 Å². The van der Waals surface area contributed by atoms with E-state index in [0.29, 0.717) is 6.61 Å². The molecule has 0 aromatic heterocycles. The van der Waals surface area contributed by atoms with Gasteiger partial charge in [-0.05, 0) is 12.3 Å². The first-order chi connectivity index (χ1) is 5.43. The van der Waals surface area contributed by atoms with E-state index in [0.717, 1.165) is 0 Å². The minimum absolute atomic E-state index is 0.00766.